The molecule has 0 aliphatic heterocycles. The Morgan fingerprint density at radius 3 is 1.90 bits per heavy atom. The smallest absolute Gasteiger partial charge is 0.264 e. The second-order valence-electron chi connectivity index (χ2n) is 9.84. The van der Waals surface area contributed by atoms with Gasteiger partial charge in [0.1, 0.15) is 6.54 Å². The molecule has 4 aromatic carbocycles. The van der Waals surface area contributed by atoms with E-state index in [-0.39, 0.29) is 9.79 Å². The van der Waals surface area contributed by atoms with Crippen LogP contribution in [0.2, 0.25) is 0 Å². The molecule has 0 radical (unpaired) electrons. The van der Waals surface area contributed by atoms with E-state index in [9.17, 15) is 21.6 Å². The number of hydrogen-bond donors (Lipinski definition) is 2. The maximum Gasteiger partial charge on any atom is 0.264 e. The Hall–Kier alpha value is -4.15. The van der Waals surface area contributed by atoms with Crippen molar-refractivity contribution < 1.29 is 21.6 Å². The van der Waals surface area contributed by atoms with Crippen LogP contribution in [0.5, 0.6) is 0 Å². The van der Waals surface area contributed by atoms with E-state index < -0.39 is 32.5 Å². The van der Waals surface area contributed by atoms with Crippen molar-refractivity contribution in [2.75, 3.05) is 20.9 Å². The van der Waals surface area contributed by atoms with Crippen LogP contribution in [0.4, 0.5) is 17.1 Å². The van der Waals surface area contributed by atoms with Gasteiger partial charge in [0.05, 0.1) is 21.2 Å². The van der Waals surface area contributed by atoms with Gasteiger partial charge in [0, 0.05) is 5.69 Å². The first-order valence-electron chi connectivity index (χ1n) is 13.1. The molecule has 4 aromatic rings. The van der Waals surface area contributed by atoms with Crippen LogP contribution in [0.25, 0.3) is 0 Å². The fraction of sp³-hybridized carbons (Fsp3) is 0.194. The molecule has 0 spiro atoms. The van der Waals surface area contributed by atoms with Gasteiger partial charge in [-0.1, -0.05) is 54.4 Å². The van der Waals surface area contributed by atoms with Crippen LogP contribution in [0.1, 0.15) is 29.2 Å². The van der Waals surface area contributed by atoms with Crippen molar-refractivity contribution in [3.63, 3.8) is 0 Å². The van der Waals surface area contributed by atoms with E-state index in [1.165, 1.54) is 36.4 Å². The topological polar surface area (TPSA) is 113 Å². The highest BCUT2D eigenvalue weighted by atomic mass is 32.2. The third kappa shape index (κ3) is 7.14. The number of sulfonamides is 2. The number of nitrogens with zero attached hydrogens (tertiary/aromatic N) is 1. The number of anilines is 3. The molecule has 0 unspecified atom stereocenters. The Kier molecular flexibility index (Phi) is 8.84. The van der Waals surface area contributed by atoms with E-state index >= 15 is 0 Å². The third-order valence-electron chi connectivity index (χ3n) is 6.60. The lowest BCUT2D eigenvalue weighted by molar-refractivity contribution is -0.114. The SMILES string of the molecule is CCc1ccc(N(CC(=O)Nc2ccc(S(=O)(=O)Nc3ccc(C)cc3C)cc2)S(=O)(=O)c2ccc(C)cc2)cc1. The number of hydrogen-bond acceptors (Lipinski definition) is 5. The molecule has 0 aliphatic rings. The van der Waals surface area contributed by atoms with Gasteiger partial charge in [-0.3, -0.25) is 13.8 Å². The summed E-state index contributed by atoms with van der Waals surface area (Å²) >= 11 is 0. The minimum Gasteiger partial charge on any atom is -0.325 e. The number of carbonyl (C=O) groups excluding carboxylic acids is 1. The quantitative estimate of drug-likeness (QED) is 0.242. The Balaban J connectivity index is 1.53. The molecule has 214 valence electrons. The molecule has 0 fully saturated rings. The first-order chi connectivity index (χ1) is 19.4. The molecule has 0 aromatic heterocycles. The summed E-state index contributed by atoms with van der Waals surface area (Å²) in [5.41, 5.74) is 4.94. The molecule has 2 N–H and O–H groups in total. The zero-order chi connectivity index (χ0) is 29.8. The monoisotopic (exact) mass is 591 g/mol. The van der Waals surface area contributed by atoms with Crippen LogP contribution >= 0.6 is 0 Å². The summed E-state index contributed by atoms with van der Waals surface area (Å²) in [5, 5.41) is 2.68. The number of amides is 1. The number of benzene rings is 4. The second kappa shape index (κ2) is 12.2. The lowest BCUT2D eigenvalue weighted by atomic mass is 10.1. The van der Waals surface area contributed by atoms with Crippen LogP contribution in [0.3, 0.4) is 0 Å². The van der Waals surface area contributed by atoms with Gasteiger partial charge in [-0.05, 0) is 92.9 Å². The van der Waals surface area contributed by atoms with Crippen molar-refractivity contribution in [2.24, 2.45) is 0 Å². The van der Waals surface area contributed by atoms with Gasteiger partial charge in [-0.25, -0.2) is 16.8 Å². The minimum absolute atomic E-state index is 0.0232. The van der Waals surface area contributed by atoms with Crippen molar-refractivity contribution in [2.45, 2.75) is 43.9 Å². The molecule has 8 nitrogen and oxygen atoms in total. The van der Waals surface area contributed by atoms with E-state index in [2.05, 4.69) is 10.0 Å². The van der Waals surface area contributed by atoms with Gasteiger partial charge in [0.25, 0.3) is 20.0 Å². The van der Waals surface area contributed by atoms with Crippen molar-refractivity contribution in [1.82, 2.24) is 0 Å². The molecule has 0 bridgehead atoms. The summed E-state index contributed by atoms with van der Waals surface area (Å²) in [6, 6.07) is 24.6. The zero-order valence-corrected chi connectivity index (χ0v) is 25.0. The van der Waals surface area contributed by atoms with Gasteiger partial charge in [0.2, 0.25) is 5.91 Å². The van der Waals surface area contributed by atoms with E-state index in [0.29, 0.717) is 17.1 Å². The summed E-state index contributed by atoms with van der Waals surface area (Å²) < 4.78 is 56.7. The maximum absolute atomic E-state index is 13.6. The molecular weight excluding hydrogens is 558 g/mol. The largest absolute Gasteiger partial charge is 0.325 e. The predicted octanol–water partition coefficient (Wildman–Crippen LogP) is 5.81. The average Bonchev–Trinajstić information content (AvgIpc) is 2.94. The predicted molar refractivity (Wildman–Crippen MR) is 163 cm³/mol. The van der Waals surface area contributed by atoms with Crippen molar-refractivity contribution >= 4 is 43.0 Å². The fourth-order valence-corrected chi connectivity index (χ4v) is 6.78. The first-order valence-corrected chi connectivity index (χ1v) is 16.0. The highest BCUT2D eigenvalue weighted by Gasteiger charge is 2.27. The van der Waals surface area contributed by atoms with E-state index in [0.717, 1.165) is 33.0 Å². The average molecular weight is 592 g/mol. The van der Waals surface area contributed by atoms with Gasteiger partial charge in [0.15, 0.2) is 0 Å². The zero-order valence-electron chi connectivity index (χ0n) is 23.4. The second-order valence-corrected chi connectivity index (χ2v) is 13.4. The normalized spacial score (nSPS) is 11.6. The Bertz CT molecular complexity index is 1750. The minimum atomic E-state index is -4.06. The number of aryl methyl sites for hydroxylation is 4. The van der Waals surface area contributed by atoms with Gasteiger partial charge in [-0.15, -0.1) is 0 Å². The van der Waals surface area contributed by atoms with Gasteiger partial charge >= 0.3 is 0 Å². The third-order valence-corrected chi connectivity index (χ3v) is 9.77. The maximum atomic E-state index is 13.6. The highest BCUT2D eigenvalue weighted by Crippen LogP contribution is 2.26. The van der Waals surface area contributed by atoms with Gasteiger partial charge in [-0.2, -0.15) is 0 Å². The van der Waals surface area contributed by atoms with Crippen LogP contribution in [0.15, 0.2) is 101 Å². The molecule has 0 saturated carbocycles. The summed E-state index contributed by atoms with van der Waals surface area (Å²) in [5.74, 6) is -0.579. The molecular formula is C31H33N3O5S2. The number of nitrogens with one attached hydrogen (secondary N) is 2. The van der Waals surface area contributed by atoms with Crippen LogP contribution in [-0.2, 0) is 31.3 Å². The van der Waals surface area contributed by atoms with E-state index in [4.69, 9.17) is 0 Å². The summed E-state index contributed by atoms with van der Waals surface area (Å²) in [7, 11) is -7.91. The fourth-order valence-electron chi connectivity index (χ4n) is 4.23. The number of rotatable bonds is 10. The highest BCUT2D eigenvalue weighted by molar-refractivity contribution is 7.93. The van der Waals surface area contributed by atoms with Crippen molar-refractivity contribution in [3.05, 3.63) is 113 Å². The van der Waals surface area contributed by atoms with Crippen LogP contribution in [0, 0.1) is 20.8 Å². The van der Waals surface area contributed by atoms with Crippen LogP contribution < -0.4 is 14.3 Å². The standard InChI is InChI=1S/C31H33N3O5S2/c1-5-25-9-13-27(14-10-25)34(41(38,39)29-15-6-22(2)7-16-29)21-31(35)32-26-11-17-28(18-12-26)40(36,37)33-30-19-8-23(3)20-24(30)4/h6-20,33H,5,21H2,1-4H3,(H,32,35). The summed E-state index contributed by atoms with van der Waals surface area (Å²) in [4.78, 5) is 13.2. The lowest BCUT2D eigenvalue weighted by Gasteiger charge is -2.24. The molecule has 10 heteroatoms. The Morgan fingerprint density at radius 1 is 0.732 bits per heavy atom. The molecule has 1 amide bonds. The van der Waals surface area contributed by atoms with E-state index in [1.54, 1.807) is 30.3 Å². The molecule has 0 aliphatic carbocycles. The lowest BCUT2D eigenvalue weighted by Crippen LogP contribution is -2.38. The van der Waals surface area contributed by atoms with Crippen molar-refractivity contribution in [1.29, 1.82) is 0 Å². The first kappa shape index (κ1) is 29.8. The van der Waals surface area contributed by atoms with E-state index in [1.807, 2.05) is 52.0 Å². The molecule has 41 heavy (non-hydrogen) atoms. The van der Waals surface area contributed by atoms with Crippen molar-refractivity contribution in [3.8, 4) is 0 Å². The van der Waals surface area contributed by atoms with Crippen LogP contribution in [-0.4, -0.2) is 29.3 Å². The summed E-state index contributed by atoms with van der Waals surface area (Å²) in [6.45, 7) is 7.14. The number of carbonyl (C=O) groups is 1. The molecule has 0 heterocycles. The Labute approximate surface area is 242 Å². The van der Waals surface area contributed by atoms with Gasteiger partial charge < -0.3 is 5.32 Å². The molecule has 0 saturated heterocycles. The molecule has 0 atom stereocenters. The molecule has 4 rings (SSSR count). The summed E-state index contributed by atoms with van der Waals surface area (Å²) in [6.07, 6.45) is 0.789. The Morgan fingerprint density at radius 2 is 1.32 bits per heavy atom.